The van der Waals surface area contributed by atoms with Crippen molar-refractivity contribution >= 4 is 21.6 Å². The Kier molecular flexibility index (Phi) is 4.51. The molecule has 0 radical (unpaired) electrons. The molecule has 1 heterocycles. The van der Waals surface area contributed by atoms with Crippen molar-refractivity contribution in [3.05, 3.63) is 53.8 Å². The molecule has 0 unspecified atom stereocenters. The molecule has 0 aromatic heterocycles. The largest absolute Gasteiger partial charge is 0.434 e. The van der Waals surface area contributed by atoms with E-state index in [9.17, 15) is 21.6 Å². The van der Waals surface area contributed by atoms with Gasteiger partial charge in [-0.05, 0) is 37.3 Å². The van der Waals surface area contributed by atoms with Crippen LogP contribution in [0.3, 0.4) is 0 Å². The van der Waals surface area contributed by atoms with Crippen LogP contribution in [0.2, 0.25) is 0 Å². The van der Waals surface area contributed by atoms with Crippen LogP contribution < -0.4 is 13.3 Å². The van der Waals surface area contributed by atoms with Gasteiger partial charge in [-0.1, -0.05) is 12.1 Å². The first kappa shape index (κ1) is 17.4. The zero-order valence-corrected chi connectivity index (χ0v) is 14.0. The number of hydrogen-bond donors (Lipinski definition) is 0. The summed E-state index contributed by atoms with van der Waals surface area (Å²) in [5, 5.41) is 0. The van der Waals surface area contributed by atoms with Gasteiger partial charge in [-0.3, -0.25) is 4.31 Å². The molecular weight excluding hydrogens is 357 g/mol. The molecule has 9 heteroatoms. The standard InChI is InChI=1S/C16H15F3N2O3S/c1-2-20-13-5-3-4-6-14(13)21(25(20,22)23)10-11-9-12(17)7-8-15(11)24-16(18)19/h3-9,16H,2,10H2,1H3. The van der Waals surface area contributed by atoms with E-state index in [0.29, 0.717) is 11.4 Å². The number of para-hydroxylation sites is 2. The Morgan fingerprint density at radius 3 is 2.32 bits per heavy atom. The number of rotatable bonds is 5. The van der Waals surface area contributed by atoms with Gasteiger partial charge in [0.15, 0.2) is 0 Å². The van der Waals surface area contributed by atoms with Crippen LogP contribution in [0.4, 0.5) is 24.5 Å². The molecule has 0 saturated carbocycles. The lowest BCUT2D eigenvalue weighted by atomic mass is 10.2. The van der Waals surface area contributed by atoms with E-state index in [4.69, 9.17) is 0 Å². The van der Waals surface area contributed by atoms with Crippen LogP contribution in [0, 0.1) is 5.82 Å². The summed E-state index contributed by atoms with van der Waals surface area (Å²) < 4.78 is 70.9. The highest BCUT2D eigenvalue weighted by atomic mass is 32.2. The van der Waals surface area contributed by atoms with Crippen LogP contribution in [0.25, 0.3) is 0 Å². The maximum Gasteiger partial charge on any atom is 0.387 e. The second-order valence-corrected chi connectivity index (χ2v) is 7.08. The van der Waals surface area contributed by atoms with Crippen molar-refractivity contribution < 1.29 is 26.3 Å². The molecule has 25 heavy (non-hydrogen) atoms. The molecule has 0 aliphatic carbocycles. The van der Waals surface area contributed by atoms with Crippen LogP contribution >= 0.6 is 0 Å². The number of hydrogen-bond acceptors (Lipinski definition) is 3. The van der Waals surface area contributed by atoms with Gasteiger partial charge in [0, 0.05) is 12.1 Å². The van der Waals surface area contributed by atoms with E-state index in [1.807, 2.05) is 0 Å². The Labute approximate surface area is 143 Å². The van der Waals surface area contributed by atoms with Gasteiger partial charge < -0.3 is 4.74 Å². The smallest absolute Gasteiger partial charge is 0.387 e. The maximum absolute atomic E-state index is 13.6. The number of fused-ring (bicyclic) bond motifs is 1. The van der Waals surface area contributed by atoms with E-state index >= 15 is 0 Å². The first-order chi connectivity index (χ1) is 11.8. The minimum atomic E-state index is -3.89. The van der Waals surface area contributed by atoms with E-state index in [1.165, 1.54) is 4.31 Å². The molecule has 0 atom stereocenters. The molecule has 1 aliphatic heterocycles. The van der Waals surface area contributed by atoms with Gasteiger partial charge in [-0.15, -0.1) is 0 Å². The third kappa shape index (κ3) is 3.11. The molecule has 2 aromatic carbocycles. The lowest BCUT2D eigenvalue weighted by molar-refractivity contribution is -0.0504. The molecule has 0 saturated heterocycles. The summed E-state index contributed by atoms with van der Waals surface area (Å²) >= 11 is 0. The summed E-state index contributed by atoms with van der Waals surface area (Å²) in [6.45, 7) is -1.53. The molecule has 0 amide bonds. The van der Waals surface area contributed by atoms with Gasteiger partial charge in [0.25, 0.3) is 0 Å². The monoisotopic (exact) mass is 372 g/mol. The summed E-state index contributed by atoms with van der Waals surface area (Å²) in [5.74, 6) is -0.937. The maximum atomic E-state index is 13.6. The van der Waals surface area contributed by atoms with Gasteiger partial charge >= 0.3 is 16.8 Å². The number of benzene rings is 2. The second-order valence-electron chi connectivity index (χ2n) is 5.30. The van der Waals surface area contributed by atoms with E-state index in [-0.39, 0.29) is 24.4 Å². The van der Waals surface area contributed by atoms with Crippen molar-refractivity contribution in [1.29, 1.82) is 0 Å². The molecule has 2 aromatic rings. The van der Waals surface area contributed by atoms with Crippen molar-refractivity contribution in [3.8, 4) is 5.75 Å². The SMILES string of the molecule is CCN1c2ccccc2N(Cc2cc(F)ccc2OC(F)F)S1(=O)=O. The van der Waals surface area contributed by atoms with Crippen LogP contribution in [0.1, 0.15) is 12.5 Å². The van der Waals surface area contributed by atoms with Crippen molar-refractivity contribution in [2.24, 2.45) is 0 Å². The first-order valence-electron chi connectivity index (χ1n) is 7.47. The number of ether oxygens (including phenoxy) is 1. The minimum absolute atomic E-state index is 0.0108. The quantitative estimate of drug-likeness (QED) is 0.807. The van der Waals surface area contributed by atoms with Gasteiger partial charge in [-0.2, -0.15) is 17.2 Å². The second kappa shape index (κ2) is 6.47. The van der Waals surface area contributed by atoms with Gasteiger partial charge in [0.05, 0.1) is 17.9 Å². The fourth-order valence-corrected chi connectivity index (χ4v) is 4.46. The highest BCUT2D eigenvalue weighted by Crippen LogP contribution is 2.42. The van der Waals surface area contributed by atoms with Gasteiger partial charge in [0.2, 0.25) is 0 Å². The third-order valence-corrected chi connectivity index (χ3v) is 5.71. The number of halogens is 3. The highest BCUT2D eigenvalue weighted by molar-refractivity contribution is 7.94. The number of nitrogens with zero attached hydrogens (tertiary/aromatic N) is 2. The van der Waals surface area contributed by atoms with Gasteiger partial charge in [0.1, 0.15) is 11.6 Å². The Morgan fingerprint density at radius 1 is 1.08 bits per heavy atom. The van der Waals surface area contributed by atoms with E-state index in [0.717, 1.165) is 22.5 Å². The molecular formula is C16H15F3N2O3S. The lowest BCUT2D eigenvalue weighted by Gasteiger charge is -2.22. The van der Waals surface area contributed by atoms with Crippen molar-refractivity contribution in [1.82, 2.24) is 0 Å². The fraction of sp³-hybridized carbons (Fsp3) is 0.250. The normalized spacial score (nSPS) is 15.6. The third-order valence-electron chi connectivity index (χ3n) is 3.82. The Hall–Kier alpha value is -2.42. The van der Waals surface area contributed by atoms with E-state index in [1.54, 1.807) is 31.2 Å². The Balaban J connectivity index is 2.05. The summed E-state index contributed by atoms with van der Waals surface area (Å²) in [7, 11) is -3.89. The van der Waals surface area contributed by atoms with E-state index < -0.39 is 22.6 Å². The molecule has 0 spiro atoms. The predicted molar refractivity (Wildman–Crippen MR) is 87.6 cm³/mol. The zero-order chi connectivity index (χ0) is 18.2. The van der Waals surface area contributed by atoms with Crippen LogP contribution in [-0.4, -0.2) is 21.6 Å². The number of alkyl halides is 2. The molecule has 1 aliphatic rings. The molecule has 3 rings (SSSR count). The van der Waals surface area contributed by atoms with Crippen molar-refractivity contribution in [2.75, 3.05) is 15.2 Å². The fourth-order valence-electron chi connectivity index (χ4n) is 2.79. The summed E-state index contributed by atoms with van der Waals surface area (Å²) in [6, 6.07) is 9.66. The zero-order valence-electron chi connectivity index (χ0n) is 13.2. The van der Waals surface area contributed by atoms with Gasteiger partial charge in [-0.25, -0.2) is 8.70 Å². The highest BCUT2D eigenvalue weighted by Gasteiger charge is 2.39. The van der Waals surface area contributed by atoms with Crippen molar-refractivity contribution in [2.45, 2.75) is 20.1 Å². The molecule has 0 N–H and O–H groups in total. The first-order valence-corrected chi connectivity index (χ1v) is 8.87. The number of anilines is 2. The molecule has 5 nitrogen and oxygen atoms in total. The average molecular weight is 372 g/mol. The molecule has 0 fully saturated rings. The van der Waals surface area contributed by atoms with E-state index in [2.05, 4.69) is 4.74 Å². The van der Waals surface area contributed by atoms with Crippen LogP contribution in [0.15, 0.2) is 42.5 Å². The lowest BCUT2D eigenvalue weighted by Crippen LogP contribution is -2.37. The summed E-state index contributed by atoms with van der Waals surface area (Å²) in [4.78, 5) is 0. The minimum Gasteiger partial charge on any atom is -0.434 e. The Bertz CT molecular complexity index is 890. The van der Waals surface area contributed by atoms with Crippen molar-refractivity contribution in [3.63, 3.8) is 0 Å². The van der Waals surface area contributed by atoms with Crippen LogP contribution in [-0.2, 0) is 16.8 Å². The summed E-state index contributed by atoms with van der Waals surface area (Å²) in [6.07, 6.45) is 0. The molecule has 134 valence electrons. The topological polar surface area (TPSA) is 49.9 Å². The predicted octanol–water partition coefficient (Wildman–Crippen LogP) is 3.52. The average Bonchev–Trinajstić information content (AvgIpc) is 2.76. The summed E-state index contributed by atoms with van der Waals surface area (Å²) in [5.41, 5.74) is 0.894. The Morgan fingerprint density at radius 2 is 1.72 bits per heavy atom. The molecule has 0 bridgehead atoms. The van der Waals surface area contributed by atoms with Crippen LogP contribution in [0.5, 0.6) is 5.75 Å².